The fourth-order valence-corrected chi connectivity index (χ4v) is 5.12. The van der Waals surface area contributed by atoms with Crippen molar-refractivity contribution >= 4 is 21.5 Å². The third-order valence-corrected chi connectivity index (χ3v) is 7.44. The van der Waals surface area contributed by atoms with E-state index in [9.17, 15) is 8.42 Å². The lowest BCUT2D eigenvalue weighted by Crippen LogP contribution is -2.47. The number of hydrogen-bond acceptors (Lipinski definition) is 9. The highest BCUT2D eigenvalue weighted by atomic mass is 32.2. The van der Waals surface area contributed by atoms with Crippen LogP contribution in [0.4, 0.5) is 5.82 Å². The maximum absolute atomic E-state index is 11.8. The Morgan fingerprint density at radius 2 is 1.82 bits per heavy atom. The van der Waals surface area contributed by atoms with Crippen LogP contribution in [0, 0.1) is 11.3 Å². The molecule has 0 unspecified atom stereocenters. The summed E-state index contributed by atoms with van der Waals surface area (Å²) in [6.07, 6.45) is 6.85. The van der Waals surface area contributed by atoms with E-state index in [1.165, 1.54) is 10.6 Å². The number of pyridine rings is 1. The fraction of sp³-hybridized carbons (Fsp3) is 0.455. The SMILES string of the molecule is CS(=O)(=O)N1CCN(Cc2cn3cc(-c4ccc(C#N)nc4)nc(N4CCOCC4)c3n2)CC1. The number of rotatable bonds is 5. The molecule has 0 amide bonds. The number of nitriles is 1. The molecular formula is C22H26N8O3S. The molecule has 5 heterocycles. The van der Waals surface area contributed by atoms with E-state index in [2.05, 4.69) is 14.8 Å². The molecule has 2 aliphatic rings. The Kier molecular flexibility index (Phi) is 6.18. The van der Waals surface area contributed by atoms with Gasteiger partial charge >= 0.3 is 0 Å². The number of nitrogens with zero attached hydrogens (tertiary/aromatic N) is 8. The van der Waals surface area contributed by atoms with E-state index in [4.69, 9.17) is 20.0 Å². The highest BCUT2D eigenvalue weighted by Gasteiger charge is 2.25. The Hall–Kier alpha value is -3.11. The average molecular weight is 483 g/mol. The molecule has 2 aliphatic heterocycles. The lowest BCUT2D eigenvalue weighted by molar-refractivity contribution is 0.122. The van der Waals surface area contributed by atoms with Gasteiger partial charge in [0.25, 0.3) is 0 Å². The predicted molar refractivity (Wildman–Crippen MR) is 126 cm³/mol. The van der Waals surface area contributed by atoms with E-state index in [1.54, 1.807) is 12.3 Å². The van der Waals surface area contributed by atoms with E-state index in [0.717, 1.165) is 41.5 Å². The van der Waals surface area contributed by atoms with Crippen LogP contribution < -0.4 is 4.90 Å². The summed E-state index contributed by atoms with van der Waals surface area (Å²) in [6, 6.07) is 5.58. The lowest BCUT2D eigenvalue weighted by atomic mass is 10.2. The molecule has 0 N–H and O–H groups in total. The molecule has 178 valence electrons. The molecule has 12 heteroatoms. The van der Waals surface area contributed by atoms with Gasteiger partial charge in [-0.25, -0.2) is 23.4 Å². The molecule has 2 fully saturated rings. The van der Waals surface area contributed by atoms with Crippen molar-refractivity contribution in [1.29, 1.82) is 5.26 Å². The summed E-state index contributed by atoms with van der Waals surface area (Å²) in [5.41, 5.74) is 3.61. The number of morpholine rings is 1. The number of imidazole rings is 1. The second kappa shape index (κ2) is 9.27. The Labute approximate surface area is 198 Å². The van der Waals surface area contributed by atoms with Gasteiger partial charge in [-0.05, 0) is 12.1 Å². The Morgan fingerprint density at radius 3 is 2.47 bits per heavy atom. The molecule has 0 bridgehead atoms. The van der Waals surface area contributed by atoms with Gasteiger partial charge in [-0.3, -0.25) is 4.90 Å². The summed E-state index contributed by atoms with van der Waals surface area (Å²) in [7, 11) is -3.16. The zero-order valence-electron chi connectivity index (χ0n) is 19.0. The van der Waals surface area contributed by atoms with Crippen LogP contribution in [-0.2, 0) is 21.3 Å². The van der Waals surface area contributed by atoms with Gasteiger partial charge in [0.2, 0.25) is 10.0 Å². The highest BCUT2D eigenvalue weighted by Crippen LogP contribution is 2.26. The standard InChI is InChI=1S/C22H26N8O3S/c1-34(31,32)30-6-4-27(5-7-30)14-19-15-29-16-20(17-2-3-18(12-23)24-13-17)26-22(21(29)25-19)28-8-10-33-11-9-28/h2-3,13,15-16H,4-11,14H2,1H3. The number of piperazine rings is 1. The zero-order chi connectivity index (χ0) is 23.7. The smallest absolute Gasteiger partial charge is 0.211 e. The van der Waals surface area contributed by atoms with Crippen LogP contribution >= 0.6 is 0 Å². The molecule has 2 saturated heterocycles. The van der Waals surface area contributed by atoms with Gasteiger partial charge in [-0.15, -0.1) is 0 Å². The van der Waals surface area contributed by atoms with E-state index < -0.39 is 10.0 Å². The van der Waals surface area contributed by atoms with Crippen molar-refractivity contribution in [1.82, 2.24) is 28.6 Å². The van der Waals surface area contributed by atoms with E-state index in [-0.39, 0.29) is 0 Å². The topological polar surface area (TPSA) is 120 Å². The minimum atomic E-state index is -3.16. The first kappa shape index (κ1) is 22.7. The normalized spacial score (nSPS) is 18.3. The van der Waals surface area contributed by atoms with Crippen molar-refractivity contribution in [2.45, 2.75) is 6.54 Å². The van der Waals surface area contributed by atoms with Gasteiger partial charge in [-0.1, -0.05) is 0 Å². The molecule has 34 heavy (non-hydrogen) atoms. The van der Waals surface area contributed by atoms with E-state index >= 15 is 0 Å². The van der Waals surface area contributed by atoms with Crippen molar-refractivity contribution in [2.75, 3.05) is 63.6 Å². The quantitative estimate of drug-likeness (QED) is 0.514. The fourth-order valence-electron chi connectivity index (χ4n) is 4.30. The lowest BCUT2D eigenvalue weighted by Gasteiger charge is -2.32. The third kappa shape index (κ3) is 4.74. The number of aromatic nitrogens is 4. The molecule has 0 atom stereocenters. The Morgan fingerprint density at radius 1 is 1.06 bits per heavy atom. The van der Waals surface area contributed by atoms with Gasteiger partial charge in [0.05, 0.1) is 30.9 Å². The first-order chi connectivity index (χ1) is 16.4. The summed E-state index contributed by atoms with van der Waals surface area (Å²) >= 11 is 0. The van der Waals surface area contributed by atoms with Crippen LogP contribution in [0.2, 0.25) is 0 Å². The second-order valence-electron chi connectivity index (χ2n) is 8.49. The van der Waals surface area contributed by atoms with Crippen LogP contribution in [0.1, 0.15) is 11.4 Å². The largest absolute Gasteiger partial charge is 0.378 e. The van der Waals surface area contributed by atoms with E-state index in [0.29, 0.717) is 51.6 Å². The molecule has 0 saturated carbocycles. The van der Waals surface area contributed by atoms with Crippen LogP contribution in [0.5, 0.6) is 0 Å². The van der Waals surface area contributed by atoms with Gasteiger partial charge in [0.1, 0.15) is 11.8 Å². The van der Waals surface area contributed by atoms with Crippen LogP contribution in [-0.4, -0.2) is 95.7 Å². The van der Waals surface area contributed by atoms with Crippen LogP contribution in [0.25, 0.3) is 16.9 Å². The number of ether oxygens (including phenoxy) is 1. The number of anilines is 1. The van der Waals surface area contributed by atoms with Gasteiger partial charge in [0, 0.05) is 70.0 Å². The van der Waals surface area contributed by atoms with E-state index in [1.807, 2.05) is 28.9 Å². The maximum atomic E-state index is 11.8. The molecule has 0 aliphatic carbocycles. The predicted octanol–water partition coefficient (Wildman–Crippen LogP) is 0.577. The molecule has 11 nitrogen and oxygen atoms in total. The summed E-state index contributed by atoms with van der Waals surface area (Å²) < 4.78 is 32.6. The Balaban J connectivity index is 1.45. The number of sulfonamides is 1. The molecule has 0 spiro atoms. The average Bonchev–Trinajstić information content (AvgIpc) is 3.26. The van der Waals surface area contributed by atoms with Crippen molar-refractivity contribution in [3.05, 3.63) is 42.1 Å². The summed E-state index contributed by atoms with van der Waals surface area (Å²) in [5.74, 6) is 0.790. The highest BCUT2D eigenvalue weighted by molar-refractivity contribution is 7.88. The van der Waals surface area contributed by atoms with Crippen molar-refractivity contribution in [2.24, 2.45) is 0 Å². The third-order valence-electron chi connectivity index (χ3n) is 6.14. The van der Waals surface area contributed by atoms with Crippen LogP contribution in [0.15, 0.2) is 30.7 Å². The molecule has 0 radical (unpaired) electrons. The monoisotopic (exact) mass is 482 g/mol. The molecule has 3 aromatic rings. The summed E-state index contributed by atoms with van der Waals surface area (Å²) in [4.78, 5) is 18.4. The van der Waals surface area contributed by atoms with Crippen molar-refractivity contribution in [3.8, 4) is 17.3 Å². The second-order valence-corrected chi connectivity index (χ2v) is 10.5. The van der Waals surface area contributed by atoms with Gasteiger partial charge in [0.15, 0.2) is 11.5 Å². The van der Waals surface area contributed by atoms with Crippen molar-refractivity contribution < 1.29 is 13.2 Å². The number of hydrogen-bond donors (Lipinski definition) is 0. The first-order valence-electron chi connectivity index (χ1n) is 11.2. The van der Waals surface area contributed by atoms with Crippen molar-refractivity contribution in [3.63, 3.8) is 0 Å². The Bertz CT molecular complexity index is 1320. The number of fused-ring (bicyclic) bond motifs is 1. The molecule has 3 aromatic heterocycles. The minimum Gasteiger partial charge on any atom is -0.378 e. The molecule has 0 aromatic carbocycles. The van der Waals surface area contributed by atoms with Crippen LogP contribution in [0.3, 0.4) is 0 Å². The molecular weight excluding hydrogens is 456 g/mol. The van der Waals surface area contributed by atoms with Gasteiger partial charge < -0.3 is 14.0 Å². The summed E-state index contributed by atoms with van der Waals surface area (Å²) in [5, 5.41) is 9.05. The van der Waals surface area contributed by atoms with Gasteiger partial charge in [-0.2, -0.15) is 9.57 Å². The molecule has 5 rings (SSSR count). The first-order valence-corrected chi connectivity index (χ1v) is 13.0. The summed E-state index contributed by atoms with van der Waals surface area (Å²) in [6.45, 7) is 5.67. The zero-order valence-corrected chi connectivity index (χ0v) is 19.8. The minimum absolute atomic E-state index is 0.360. The maximum Gasteiger partial charge on any atom is 0.211 e.